The second-order valence-corrected chi connectivity index (χ2v) is 5.60. The lowest BCUT2D eigenvalue weighted by Gasteiger charge is -2.26. The normalized spacial score (nSPS) is 19.5. The van der Waals surface area contributed by atoms with Gasteiger partial charge in [0, 0.05) is 24.2 Å². The predicted molar refractivity (Wildman–Crippen MR) is 79.4 cm³/mol. The Hall–Kier alpha value is -1.06. The Kier molecular flexibility index (Phi) is 5.23. The third-order valence-electron chi connectivity index (χ3n) is 3.94. The number of nitrogens with one attached hydrogen (secondary N) is 1. The number of benzene rings is 1. The molecule has 2 N–H and O–H groups in total. The van der Waals surface area contributed by atoms with Gasteiger partial charge in [-0.05, 0) is 45.3 Å². The molecule has 3 nitrogen and oxygen atoms in total. The number of rotatable bonds is 6. The first kappa shape index (κ1) is 14.4. The molecule has 1 saturated heterocycles. The molecule has 0 aliphatic carbocycles. The molecule has 3 heteroatoms. The second-order valence-electron chi connectivity index (χ2n) is 5.60. The molecule has 0 bridgehead atoms. The summed E-state index contributed by atoms with van der Waals surface area (Å²) in [7, 11) is 0. The Bertz CT molecular complexity index is 388. The van der Waals surface area contributed by atoms with E-state index >= 15 is 0 Å². The molecular weight excluding hydrogens is 236 g/mol. The molecule has 1 aromatic carbocycles. The first-order valence-corrected chi connectivity index (χ1v) is 7.47. The van der Waals surface area contributed by atoms with E-state index in [1.165, 1.54) is 25.9 Å². The lowest BCUT2D eigenvalue weighted by atomic mass is 10.0. The average Bonchev–Trinajstić information content (AvgIpc) is 2.89. The van der Waals surface area contributed by atoms with Gasteiger partial charge in [0.15, 0.2) is 0 Å². The number of phenols is 1. The molecule has 0 amide bonds. The molecule has 2 atom stereocenters. The number of hydrogen-bond donors (Lipinski definition) is 2. The van der Waals surface area contributed by atoms with Crippen molar-refractivity contribution in [3.05, 3.63) is 29.8 Å². The highest BCUT2D eigenvalue weighted by molar-refractivity contribution is 5.34. The summed E-state index contributed by atoms with van der Waals surface area (Å²) < 4.78 is 0. The number of phenolic OH excluding ortho intramolecular Hbond substituents is 1. The number of para-hydroxylation sites is 1. The van der Waals surface area contributed by atoms with Gasteiger partial charge >= 0.3 is 0 Å². The van der Waals surface area contributed by atoms with Gasteiger partial charge in [0.25, 0.3) is 0 Å². The van der Waals surface area contributed by atoms with Crippen LogP contribution in [0.2, 0.25) is 0 Å². The Morgan fingerprint density at radius 3 is 2.58 bits per heavy atom. The van der Waals surface area contributed by atoms with E-state index in [0.29, 0.717) is 11.8 Å². The van der Waals surface area contributed by atoms with E-state index in [1.807, 2.05) is 18.2 Å². The van der Waals surface area contributed by atoms with Crippen molar-refractivity contribution in [3.63, 3.8) is 0 Å². The molecule has 106 valence electrons. The quantitative estimate of drug-likeness (QED) is 0.827. The van der Waals surface area contributed by atoms with Crippen molar-refractivity contribution in [2.75, 3.05) is 19.6 Å². The van der Waals surface area contributed by atoms with Gasteiger partial charge in [-0.15, -0.1) is 0 Å². The second kappa shape index (κ2) is 6.92. The third kappa shape index (κ3) is 3.95. The summed E-state index contributed by atoms with van der Waals surface area (Å²) in [4.78, 5) is 2.52. The lowest BCUT2D eigenvalue weighted by Crippen LogP contribution is -2.39. The minimum absolute atomic E-state index is 0.235. The highest BCUT2D eigenvalue weighted by atomic mass is 16.3. The van der Waals surface area contributed by atoms with Crippen LogP contribution in [0.3, 0.4) is 0 Å². The Labute approximate surface area is 116 Å². The first-order valence-electron chi connectivity index (χ1n) is 7.47. The van der Waals surface area contributed by atoms with Crippen molar-refractivity contribution in [1.29, 1.82) is 0 Å². The topological polar surface area (TPSA) is 35.5 Å². The Balaban J connectivity index is 1.93. The van der Waals surface area contributed by atoms with E-state index in [0.717, 1.165) is 18.5 Å². The zero-order chi connectivity index (χ0) is 13.7. The van der Waals surface area contributed by atoms with E-state index in [2.05, 4.69) is 24.1 Å². The standard InChI is InChI=1S/C16H26N2O/c1-3-15(14-8-4-5-9-16(14)19)17-13(2)12-18-10-6-7-11-18/h4-5,8-9,13,15,17,19H,3,6-7,10-12H2,1-2H3. The van der Waals surface area contributed by atoms with Crippen LogP contribution in [0.4, 0.5) is 0 Å². The minimum atomic E-state index is 0.235. The van der Waals surface area contributed by atoms with Crippen molar-refractivity contribution in [2.24, 2.45) is 0 Å². The van der Waals surface area contributed by atoms with Gasteiger partial charge in [-0.2, -0.15) is 0 Å². The molecule has 1 aromatic rings. The van der Waals surface area contributed by atoms with Crippen LogP contribution in [0.5, 0.6) is 5.75 Å². The number of hydrogen-bond acceptors (Lipinski definition) is 3. The lowest BCUT2D eigenvalue weighted by molar-refractivity contribution is 0.283. The molecule has 0 radical (unpaired) electrons. The minimum Gasteiger partial charge on any atom is -0.508 e. The van der Waals surface area contributed by atoms with Crippen LogP contribution in [0, 0.1) is 0 Å². The van der Waals surface area contributed by atoms with Crippen molar-refractivity contribution >= 4 is 0 Å². The summed E-state index contributed by atoms with van der Waals surface area (Å²) in [6.45, 7) is 7.97. The molecule has 0 spiro atoms. The van der Waals surface area contributed by atoms with Gasteiger partial charge in [-0.25, -0.2) is 0 Å². The third-order valence-corrected chi connectivity index (χ3v) is 3.94. The molecule has 1 fully saturated rings. The summed E-state index contributed by atoms with van der Waals surface area (Å²) in [5.74, 6) is 0.398. The van der Waals surface area contributed by atoms with Crippen LogP contribution >= 0.6 is 0 Å². The van der Waals surface area contributed by atoms with Gasteiger partial charge in [-0.1, -0.05) is 25.1 Å². The van der Waals surface area contributed by atoms with Crippen LogP contribution in [0.1, 0.15) is 44.7 Å². The van der Waals surface area contributed by atoms with Crippen molar-refractivity contribution in [1.82, 2.24) is 10.2 Å². The van der Waals surface area contributed by atoms with E-state index < -0.39 is 0 Å². The Morgan fingerprint density at radius 2 is 1.95 bits per heavy atom. The van der Waals surface area contributed by atoms with Crippen molar-refractivity contribution in [2.45, 2.75) is 45.2 Å². The van der Waals surface area contributed by atoms with Crippen molar-refractivity contribution < 1.29 is 5.11 Å². The smallest absolute Gasteiger partial charge is 0.120 e. The molecule has 1 aliphatic heterocycles. The van der Waals surface area contributed by atoms with Crippen LogP contribution in [-0.2, 0) is 0 Å². The Morgan fingerprint density at radius 1 is 1.26 bits per heavy atom. The van der Waals surface area contributed by atoms with Crippen LogP contribution in [0.15, 0.2) is 24.3 Å². The van der Waals surface area contributed by atoms with E-state index in [1.54, 1.807) is 6.07 Å². The SMILES string of the molecule is CCC(NC(C)CN1CCCC1)c1ccccc1O. The fourth-order valence-electron chi connectivity index (χ4n) is 2.96. The zero-order valence-electron chi connectivity index (χ0n) is 12.1. The maximum atomic E-state index is 9.96. The number of aromatic hydroxyl groups is 1. The summed E-state index contributed by atoms with van der Waals surface area (Å²) in [5.41, 5.74) is 1.01. The van der Waals surface area contributed by atoms with Gasteiger partial charge < -0.3 is 15.3 Å². The van der Waals surface area contributed by atoms with Gasteiger partial charge in [0.1, 0.15) is 5.75 Å². The van der Waals surface area contributed by atoms with Gasteiger partial charge in [0.2, 0.25) is 0 Å². The average molecular weight is 262 g/mol. The fourth-order valence-corrected chi connectivity index (χ4v) is 2.96. The van der Waals surface area contributed by atoms with Crippen LogP contribution in [-0.4, -0.2) is 35.7 Å². The predicted octanol–water partition coefficient (Wildman–Crippen LogP) is 2.92. The molecule has 0 aromatic heterocycles. The molecule has 2 unspecified atom stereocenters. The molecule has 0 saturated carbocycles. The molecule has 1 heterocycles. The fraction of sp³-hybridized carbons (Fsp3) is 0.625. The number of likely N-dealkylation sites (tertiary alicyclic amines) is 1. The molecule has 1 aliphatic rings. The monoisotopic (exact) mass is 262 g/mol. The van der Waals surface area contributed by atoms with Crippen molar-refractivity contribution in [3.8, 4) is 5.75 Å². The molecule has 19 heavy (non-hydrogen) atoms. The zero-order valence-corrected chi connectivity index (χ0v) is 12.1. The van der Waals surface area contributed by atoms with E-state index in [4.69, 9.17) is 0 Å². The summed E-state index contributed by atoms with van der Waals surface area (Å²) >= 11 is 0. The summed E-state index contributed by atoms with van der Waals surface area (Å²) in [6.07, 6.45) is 3.66. The van der Waals surface area contributed by atoms with E-state index in [9.17, 15) is 5.11 Å². The van der Waals surface area contributed by atoms with Crippen LogP contribution < -0.4 is 5.32 Å². The maximum Gasteiger partial charge on any atom is 0.120 e. The summed E-state index contributed by atoms with van der Waals surface area (Å²) in [5, 5.41) is 13.6. The largest absolute Gasteiger partial charge is 0.508 e. The maximum absolute atomic E-state index is 9.96. The highest BCUT2D eigenvalue weighted by Gasteiger charge is 2.18. The van der Waals surface area contributed by atoms with Gasteiger partial charge in [0.05, 0.1) is 0 Å². The van der Waals surface area contributed by atoms with E-state index in [-0.39, 0.29) is 6.04 Å². The molecule has 2 rings (SSSR count). The molecular formula is C16H26N2O. The van der Waals surface area contributed by atoms with Gasteiger partial charge in [-0.3, -0.25) is 0 Å². The first-order chi connectivity index (χ1) is 9.20. The summed E-state index contributed by atoms with van der Waals surface area (Å²) in [6, 6.07) is 8.33. The highest BCUT2D eigenvalue weighted by Crippen LogP contribution is 2.26. The number of nitrogens with zero attached hydrogens (tertiary/aromatic N) is 1. The van der Waals surface area contributed by atoms with Crippen LogP contribution in [0.25, 0.3) is 0 Å².